The summed E-state index contributed by atoms with van der Waals surface area (Å²) in [7, 11) is 0. The average Bonchev–Trinajstić information content (AvgIpc) is 2.48. The molecule has 0 heterocycles. The third-order valence-electron chi connectivity index (χ3n) is 2.62. The molecule has 0 amide bonds. The fraction of sp³-hybridized carbons (Fsp3) is 0.133. The number of hydrogen-bond acceptors (Lipinski definition) is 4. The highest BCUT2D eigenvalue weighted by molar-refractivity contribution is 6.42. The van der Waals surface area contributed by atoms with E-state index in [1.54, 1.807) is 42.5 Å². The van der Waals surface area contributed by atoms with Crippen LogP contribution in [0.25, 0.3) is 0 Å². The standard InChI is InChI=1S/C15H13Cl2NO3/c16-13-6-1-10(7-14(13)17)8-21-15(19)9-20-12-4-2-11(18)3-5-12/h1-7H,8-9,18H2. The highest BCUT2D eigenvalue weighted by Gasteiger charge is 2.06. The molecule has 2 aromatic carbocycles. The maximum absolute atomic E-state index is 11.6. The lowest BCUT2D eigenvalue weighted by Crippen LogP contribution is -2.14. The monoisotopic (exact) mass is 325 g/mol. The smallest absolute Gasteiger partial charge is 0.344 e. The highest BCUT2D eigenvalue weighted by Crippen LogP contribution is 2.22. The number of carbonyl (C=O) groups is 1. The molecule has 0 atom stereocenters. The predicted octanol–water partition coefficient (Wildman–Crippen LogP) is 3.70. The molecule has 4 nitrogen and oxygen atoms in total. The van der Waals surface area contributed by atoms with Gasteiger partial charge in [-0.25, -0.2) is 4.79 Å². The molecule has 0 bridgehead atoms. The molecule has 0 radical (unpaired) electrons. The van der Waals surface area contributed by atoms with Gasteiger partial charge >= 0.3 is 5.97 Å². The van der Waals surface area contributed by atoms with Gasteiger partial charge in [-0.2, -0.15) is 0 Å². The van der Waals surface area contributed by atoms with Crippen molar-refractivity contribution in [3.8, 4) is 5.75 Å². The van der Waals surface area contributed by atoms with Crippen LogP contribution in [0.2, 0.25) is 10.0 Å². The van der Waals surface area contributed by atoms with Gasteiger partial charge in [-0.1, -0.05) is 29.3 Å². The van der Waals surface area contributed by atoms with Crippen LogP contribution in [0.3, 0.4) is 0 Å². The number of hydrogen-bond donors (Lipinski definition) is 1. The van der Waals surface area contributed by atoms with Crippen molar-refractivity contribution in [3.05, 3.63) is 58.1 Å². The molecule has 2 rings (SSSR count). The molecule has 110 valence electrons. The van der Waals surface area contributed by atoms with E-state index in [1.165, 1.54) is 0 Å². The number of esters is 1. The summed E-state index contributed by atoms with van der Waals surface area (Å²) in [5, 5.41) is 0.877. The Morgan fingerprint density at radius 1 is 1.05 bits per heavy atom. The number of carbonyl (C=O) groups excluding carboxylic acids is 1. The summed E-state index contributed by atoms with van der Waals surface area (Å²) in [5.41, 5.74) is 6.93. The zero-order valence-electron chi connectivity index (χ0n) is 11.0. The van der Waals surface area contributed by atoms with E-state index in [-0.39, 0.29) is 13.2 Å². The first kappa shape index (κ1) is 15.5. The van der Waals surface area contributed by atoms with Crippen LogP contribution in [0.15, 0.2) is 42.5 Å². The second kappa shape index (κ2) is 7.20. The molecule has 6 heteroatoms. The number of nitrogen functional groups attached to an aromatic ring is 1. The van der Waals surface area contributed by atoms with Crippen LogP contribution < -0.4 is 10.5 Å². The lowest BCUT2D eigenvalue weighted by Gasteiger charge is -2.08. The first-order valence-corrected chi connectivity index (χ1v) is 6.88. The summed E-state index contributed by atoms with van der Waals surface area (Å²) in [6.45, 7) is -0.0634. The van der Waals surface area contributed by atoms with Gasteiger partial charge < -0.3 is 15.2 Å². The van der Waals surface area contributed by atoms with Gasteiger partial charge in [0.2, 0.25) is 0 Å². The maximum atomic E-state index is 11.6. The van der Waals surface area contributed by atoms with E-state index in [0.29, 0.717) is 21.5 Å². The molecular formula is C15H13Cl2NO3. The van der Waals surface area contributed by atoms with E-state index in [9.17, 15) is 4.79 Å². The highest BCUT2D eigenvalue weighted by atomic mass is 35.5. The zero-order valence-corrected chi connectivity index (χ0v) is 12.5. The number of nitrogens with two attached hydrogens (primary N) is 1. The number of rotatable bonds is 5. The molecular weight excluding hydrogens is 313 g/mol. The molecule has 0 saturated heterocycles. The van der Waals surface area contributed by atoms with Crippen molar-refractivity contribution in [3.63, 3.8) is 0 Å². The summed E-state index contributed by atoms with van der Waals surface area (Å²) in [4.78, 5) is 11.6. The third kappa shape index (κ3) is 4.85. The molecule has 0 spiro atoms. The van der Waals surface area contributed by atoms with Crippen molar-refractivity contribution in [2.75, 3.05) is 12.3 Å². The normalized spacial score (nSPS) is 10.2. The zero-order chi connectivity index (χ0) is 15.2. The number of benzene rings is 2. The minimum absolute atomic E-state index is 0.112. The third-order valence-corrected chi connectivity index (χ3v) is 3.36. The molecule has 0 fully saturated rings. The van der Waals surface area contributed by atoms with Crippen molar-refractivity contribution in [2.45, 2.75) is 6.61 Å². The number of ether oxygens (including phenoxy) is 2. The molecule has 21 heavy (non-hydrogen) atoms. The van der Waals surface area contributed by atoms with Gasteiger partial charge in [0.15, 0.2) is 6.61 Å². The Kier molecular flexibility index (Phi) is 5.31. The Labute approximate surface area is 132 Å². The van der Waals surface area contributed by atoms with Crippen molar-refractivity contribution in [1.82, 2.24) is 0 Å². The molecule has 2 aromatic rings. The number of halogens is 2. The van der Waals surface area contributed by atoms with Gasteiger partial charge in [-0.3, -0.25) is 0 Å². The fourth-order valence-corrected chi connectivity index (χ4v) is 1.86. The Balaban J connectivity index is 1.79. The van der Waals surface area contributed by atoms with Crippen molar-refractivity contribution < 1.29 is 14.3 Å². The summed E-state index contributed by atoms with van der Waals surface area (Å²) in [6.07, 6.45) is 0. The van der Waals surface area contributed by atoms with Crippen LogP contribution in [0.5, 0.6) is 5.75 Å². The SMILES string of the molecule is Nc1ccc(OCC(=O)OCc2ccc(Cl)c(Cl)c2)cc1. The first-order chi connectivity index (χ1) is 10.0. The summed E-state index contributed by atoms with van der Waals surface area (Å²) in [6, 6.07) is 11.8. The summed E-state index contributed by atoms with van der Waals surface area (Å²) < 4.78 is 10.4. The molecule has 0 aliphatic rings. The Morgan fingerprint density at radius 3 is 2.43 bits per heavy atom. The Morgan fingerprint density at radius 2 is 1.76 bits per heavy atom. The van der Waals surface area contributed by atoms with Gasteiger partial charge in [-0.15, -0.1) is 0 Å². The topological polar surface area (TPSA) is 61.5 Å². The minimum atomic E-state index is -0.474. The van der Waals surface area contributed by atoms with E-state index in [2.05, 4.69) is 0 Å². The van der Waals surface area contributed by atoms with Gasteiger partial charge in [-0.05, 0) is 42.0 Å². The van der Waals surface area contributed by atoms with E-state index in [0.717, 1.165) is 5.56 Å². The summed E-state index contributed by atoms with van der Waals surface area (Å²) in [5.74, 6) is 0.0774. The van der Waals surface area contributed by atoms with Crippen LogP contribution in [0, 0.1) is 0 Å². The minimum Gasteiger partial charge on any atom is -0.482 e. The van der Waals surface area contributed by atoms with Crippen LogP contribution in [-0.2, 0) is 16.1 Å². The Bertz CT molecular complexity index is 629. The van der Waals surface area contributed by atoms with E-state index < -0.39 is 5.97 Å². The molecule has 0 unspecified atom stereocenters. The first-order valence-electron chi connectivity index (χ1n) is 6.12. The van der Waals surface area contributed by atoms with Gasteiger partial charge in [0.1, 0.15) is 12.4 Å². The lowest BCUT2D eigenvalue weighted by atomic mass is 10.2. The quantitative estimate of drug-likeness (QED) is 0.672. The van der Waals surface area contributed by atoms with Crippen molar-refractivity contribution in [2.24, 2.45) is 0 Å². The Hall–Kier alpha value is -1.91. The van der Waals surface area contributed by atoms with Crippen LogP contribution in [0.4, 0.5) is 5.69 Å². The molecule has 0 aliphatic carbocycles. The number of anilines is 1. The average molecular weight is 326 g/mol. The second-order valence-corrected chi connectivity index (χ2v) is 5.08. The van der Waals surface area contributed by atoms with Gasteiger partial charge in [0, 0.05) is 5.69 Å². The van der Waals surface area contributed by atoms with Crippen LogP contribution in [0.1, 0.15) is 5.56 Å². The van der Waals surface area contributed by atoms with Crippen molar-refractivity contribution >= 4 is 34.9 Å². The largest absolute Gasteiger partial charge is 0.482 e. The summed E-state index contributed by atoms with van der Waals surface area (Å²) >= 11 is 11.7. The van der Waals surface area contributed by atoms with Gasteiger partial charge in [0.25, 0.3) is 0 Å². The van der Waals surface area contributed by atoms with Crippen molar-refractivity contribution in [1.29, 1.82) is 0 Å². The lowest BCUT2D eigenvalue weighted by molar-refractivity contribution is -0.147. The second-order valence-electron chi connectivity index (χ2n) is 4.27. The molecule has 2 N–H and O–H groups in total. The van der Waals surface area contributed by atoms with Crippen LogP contribution >= 0.6 is 23.2 Å². The van der Waals surface area contributed by atoms with Crippen LogP contribution in [-0.4, -0.2) is 12.6 Å². The molecule has 0 saturated carbocycles. The molecule has 0 aliphatic heterocycles. The predicted molar refractivity (Wildman–Crippen MR) is 82.6 cm³/mol. The van der Waals surface area contributed by atoms with E-state index in [4.69, 9.17) is 38.4 Å². The fourth-order valence-electron chi connectivity index (χ4n) is 1.54. The molecule has 0 aromatic heterocycles. The van der Waals surface area contributed by atoms with E-state index in [1.807, 2.05) is 0 Å². The maximum Gasteiger partial charge on any atom is 0.344 e. The van der Waals surface area contributed by atoms with Gasteiger partial charge in [0.05, 0.1) is 10.0 Å². The van der Waals surface area contributed by atoms with E-state index >= 15 is 0 Å².